The van der Waals surface area contributed by atoms with E-state index in [0.29, 0.717) is 51.1 Å². The van der Waals surface area contributed by atoms with Gasteiger partial charge in [-0.2, -0.15) is 0 Å². The normalized spacial score (nSPS) is 14.2. The molecule has 0 saturated carbocycles. The summed E-state index contributed by atoms with van der Waals surface area (Å²) in [6.07, 6.45) is 0.944. The van der Waals surface area contributed by atoms with Gasteiger partial charge in [-0.05, 0) is 53.9 Å². The largest absolute Gasteiger partial charge is 0.352 e. The third-order valence-corrected chi connectivity index (χ3v) is 6.29. The molecule has 2 amide bonds. The second-order valence-corrected chi connectivity index (χ2v) is 8.65. The Labute approximate surface area is 204 Å². The summed E-state index contributed by atoms with van der Waals surface area (Å²) in [6, 6.07) is 21.6. The van der Waals surface area contributed by atoms with Crippen molar-refractivity contribution in [1.82, 2.24) is 15.1 Å². The summed E-state index contributed by atoms with van der Waals surface area (Å²) in [7, 11) is 0. The van der Waals surface area contributed by atoms with Gasteiger partial charge in [0.2, 0.25) is 5.91 Å². The van der Waals surface area contributed by atoms with Crippen molar-refractivity contribution in [2.75, 3.05) is 32.7 Å². The molecule has 35 heavy (non-hydrogen) atoms. The molecule has 0 bridgehead atoms. The van der Waals surface area contributed by atoms with Gasteiger partial charge in [0.25, 0.3) is 5.91 Å². The van der Waals surface area contributed by atoms with Crippen LogP contribution in [0.25, 0.3) is 0 Å². The second-order valence-electron chi connectivity index (χ2n) is 8.65. The number of rotatable bonds is 8. The van der Waals surface area contributed by atoms with Crippen LogP contribution in [0, 0.1) is 11.6 Å². The molecule has 0 aromatic heterocycles. The van der Waals surface area contributed by atoms with Crippen molar-refractivity contribution in [2.24, 2.45) is 0 Å². The number of hydrogen-bond acceptors (Lipinski definition) is 3. The SMILES string of the molecule is O=C(NCCCC(=O)N1CCN(C(c2ccc(F)cc2)c2ccc(F)cc2)CC1)c1ccccc1. The highest BCUT2D eigenvalue weighted by atomic mass is 19.1. The Morgan fingerprint density at radius 2 is 1.31 bits per heavy atom. The fourth-order valence-electron chi connectivity index (χ4n) is 4.42. The Morgan fingerprint density at radius 3 is 1.86 bits per heavy atom. The average molecular weight is 478 g/mol. The lowest BCUT2D eigenvalue weighted by atomic mass is 9.96. The van der Waals surface area contributed by atoms with Gasteiger partial charge in [-0.3, -0.25) is 14.5 Å². The lowest BCUT2D eigenvalue weighted by Gasteiger charge is -2.40. The van der Waals surface area contributed by atoms with E-state index in [1.54, 1.807) is 36.4 Å². The standard InChI is InChI=1S/C28H29F2N3O2/c29-24-12-8-21(9-13-24)27(22-10-14-25(30)15-11-22)33-19-17-32(18-20-33)26(34)7-4-16-31-28(35)23-5-2-1-3-6-23/h1-3,5-6,8-15,27H,4,7,16-20H2,(H,31,35). The molecule has 0 radical (unpaired) electrons. The zero-order chi connectivity index (χ0) is 24.6. The van der Waals surface area contributed by atoms with Crippen LogP contribution in [0.3, 0.4) is 0 Å². The number of halogens is 2. The molecule has 1 aliphatic heterocycles. The monoisotopic (exact) mass is 477 g/mol. The maximum atomic E-state index is 13.5. The Morgan fingerprint density at radius 1 is 0.771 bits per heavy atom. The fourth-order valence-corrected chi connectivity index (χ4v) is 4.42. The molecular weight excluding hydrogens is 448 g/mol. The highest BCUT2D eigenvalue weighted by Gasteiger charge is 2.28. The maximum Gasteiger partial charge on any atom is 0.251 e. The molecule has 1 heterocycles. The lowest BCUT2D eigenvalue weighted by Crippen LogP contribution is -2.49. The Hall–Kier alpha value is -3.58. The number of hydrogen-bond donors (Lipinski definition) is 1. The first kappa shape index (κ1) is 24.5. The van der Waals surface area contributed by atoms with Gasteiger partial charge in [-0.25, -0.2) is 8.78 Å². The Bertz CT molecular complexity index is 1070. The zero-order valence-electron chi connectivity index (χ0n) is 19.5. The van der Waals surface area contributed by atoms with E-state index in [2.05, 4.69) is 10.2 Å². The molecule has 5 nitrogen and oxygen atoms in total. The van der Waals surface area contributed by atoms with Crippen molar-refractivity contribution in [3.8, 4) is 0 Å². The summed E-state index contributed by atoms with van der Waals surface area (Å²) in [6.45, 7) is 2.89. The van der Waals surface area contributed by atoms with Crippen LogP contribution in [0.1, 0.15) is 40.4 Å². The number of carbonyl (C=O) groups excluding carboxylic acids is 2. The molecule has 0 spiro atoms. The molecule has 7 heteroatoms. The molecule has 0 aliphatic carbocycles. The van der Waals surface area contributed by atoms with Gasteiger partial charge < -0.3 is 10.2 Å². The minimum absolute atomic E-state index is 0.0683. The molecule has 1 aliphatic rings. The average Bonchev–Trinajstić information content (AvgIpc) is 2.89. The first-order valence-corrected chi connectivity index (χ1v) is 11.9. The molecule has 1 N–H and O–H groups in total. The number of benzene rings is 3. The van der Waals surface area contributed by atoms with Crippen LogP contribution in [-0.2, 0) is 4.79 Å². The van der Waals surface area contributed by atoms with E-state index in [0.717, 1.165) is 11.1 Å². The van der Waals surface area contributed by atoms with Crippen LogP contribution >= 0.6 is 0 Å². The highest BCUT2D eigenvalue weighted by molar-refractivity contribution is 5.94. The highest BCUT2D eigenvalue weighted by Crippen LogP contribution is 2.30. The smallest absolute Gasteiger partial charge is 0.251 e. The first-order chi connectivity index (χ1) is 17.0. The van der Waals surface area contributed by atoms with Gasteiger partial charge in [-0.1, -0.05) is 42.5 Å². The van der Waals surface area contributed by atoms with Crippen LogP contribution in [0.5, 0.6) is 0 Å². The summed E-state index contributed by atoms with van der Waals surface area (Å²) < 4.78 is 27.0. The Kier molecular flexibility index (Phi) is 8.21. The van der Waals surface area contributed by atoms with Crippen molar-refractivity contribution in [1.29, 1.82) is 0 Å². The molecular formula is C28H29F2N3O2. The summed E-state index contributed by atoms with van der Waals surface area (Å²) in [5.74, 6) is -0.679. The molecule has 3 aromatic rings. The van der Waals surface area contributed by atoms with Crippen molar-refractivity contribution in [3.63, 3.8) is 0 Å². The van der Waals surface area contributed by atoms with Gasteiger partial charge in [0, 0.05) is 44.7 Å². The number of nitrogens with one attached hydrogen (secondary N) is 1. The molecule has 0 atom stereocenters. The minimum atomic E-state index is -0.304. The molecule has 0 unspecified atom stereocenters. The third-order valence-electron chi connectivity index (χ3n) is 6.29. The van der Waals surface area contributed by atoms with E-state index in [4.69, 9.17) is 0 Å². The van der Waals surface area contributed by atoms with Gasteiger partial charge >= 0.3 is 0 Å². The van der Waals surface area contributed by atoms with E-state index in [1.165, 1.54) is 24.3 Å². The van der Waals surface area contributed by atoms with Gasteiger partial charge in [0.15, 0.2) is 0 Å². The predicted octanol–water partition coefficient (Wildman–Crippen LogP) is 4.41. The molecule has 4 rings (SSSR count). The van der Waals surface area contributed by atoms with Crippen LogP contribution in [-0.4, -0.2) is 54.3 Å². The molecule has 182 valence electrons. The number of nitrogens with zero attached hydrogens (tertiary/aromatic N) is 2. The summed E-state index contributed by atoms with van der Waals surface area (Å²) in [5, 5.41) is 2.85. The third kappa shape index (κ3) is 6.51. The van der Waals surface area contributed by atoms with E-state index >= 15 is 0 Å². The number of piperazine rings is 1. The van der Waals surface area contributed by atoms with E-state index in [-0.39, 0.29) is 29.5 Å². The van der Waals surface area contributed by atoms with E-state index in [1.807, 2.05) is 23.1 Å². The van der Waals surface area contributed by atoms with Crippen LogP contribution < -0.4 is 5.32 Å². The van der Waals surface area contributed by atoms with E-state index < -0.39 is 0 Å². The topological polar surface area (TPSA) is 52.7 Å². The van der Waals surface area contributed by atoms with Crippen molar-refractivity contribution < 1.29 is 18.4 Å². The van der Waals surface area contributed by atoms with Crippen molar-refractivity contribution in [2.45, 2.75) is 18.9 Å². The van der Waals surface area contributed by atoms with Gasteiger partial charge in [0.05, 0.1) is 6.04 Å². The van der Waals surface area contributed by atoms with Crippen molar-refractivity contribution in [3.05, 3.63) is 107 Å². The van der Waals surface area contributed by atoms with Crippen LogP contribution in [0.15, 0.2) is 78.9 Å². The molecule has 3 aromatic carbocycles. The minimum Gasteiger partial charge on any atom is -0.352 e. The Balaban J connectivity index is 1.30. The summed E-state index contributed by atoms with van der Waals surface area (Å²) >= 11 is 0. The van der Waals surface area contributed by atoms with Crippen molar-refractivity contribution >= 4 is 11.8 Å². The lowest BCUT2D eigenvalue weighted by molar-refractivity contribution is -0.133. The number of carbonyl (C=O) groups is 2. The molecule has 1 fully saturated rings. The van der Waals surface area contributed by atoms with Crippen LogP contribution in [0.4, 0.5) is 8.78 Å². The van der Waals surface area contributed by atoms with Gasteiger partial charge in [0.1, 0.15) is 11.6 Å². The second kappa shape index (κ2) is 11.7. The summed E-state index contributed by atoms with van der Waals surface area (Å²) in [4.78, 5) is 28.9. The fraction of sp³-hybridized carbons (Fsp3) is 0.286. The summed E-state index contributed by atoms with van der Waals surface area (Å²) in [5.41, 5.74) is 2.45. The maximum absolute atomic E-state index is 13.5. The zero-order valence-corrected chi connectivity index (χ0v) is 19.5. The predicted molar refractivity (Wildman–Crippen MR) is 131 cm³/mol. The quantitative estimate of drug-likeness (QED) is 0.489. The van der Waals surface area contributed by atoms with Gasteiger partial charge in [-0.15, -0.1) is 0 Å². The first-order valence-electron chi connectivity index (χ1n) is 11.9. The van der Waals surface area contributed by atoms with Crippen LogP contribution in [0.2, 0.25) is 0 Å². The molecule has 1 saturated heterocycles. The number of amides is 2. The van der Waals surface area contributed by atoms with E-state index in [9.17, 15) is 18.4 Å².